The molecule has 6 nitrogen and oxygen atoms in total. The first-order chi connectivity index (χ1) is 13.6. The first kappa shape index (κ1) is 20.9. The van der Waals surface area contributed by atoms with Crippen molar-refractivity contribution >= 4 is 38.8 Å². The summed E-state index contributed by atoms with van der Waals surface area (Å²) >= 11 is 1.07. The van der Waals surface area contributed by atoms with E-state index >= 15 is 0 Å². The number of hydrogen-bond donors (Lipinski definition) is 2. The average molecular weight is 434 g/mol. The lowest BCUT2D eigenvalue weighted by Crippen LogP contribution is -2.16. The number of amides is 1. The number of anilines is 2. The summed E-state index contributed by atoms with van der Waals surface area (Å²) in [5, 5.41) is 2.71. The largest absolute Gasteiger partial charge is 0.321 e. The molecule has 0 saturated heterocycles. The Morgan fingerprint density at radius 2 is 1.86 bits per heavy atom. The topological polar surface area (TPSA) is 88.2 Å². The molecule has 3 aromatic rings. The Kier molecular flexibility index (Phi) is 5.72. The Balaban J connectivity index is 1.81. The third-order valence-corrected chi connectivity index (χ3v) is 6.47. The molecule has 0 saturated carbocycles. The maximum absolute atomic E-state index is 14.2. The third-order valence-electron chi connectivity index (χ3n) is 4.19. The number of aryl methyl sites for hydroxylation is 1. The smallest absolute Gasteiger partial charge is 0.267 e. The normalized spacial score (nSPS) is 11.9. The van der Waals surface area contributed by atoms with Crippen LogP contribution in [0.5, 0.6) is 0 Å². The van der Waals surface area contributed by atoms with Gasteiger partial charge in [0, 0.05) is 17.6 Å². The van der Waals surface area contributed by atoms with E-state index in [1.165, 1.54) is 38.2 Å². The van der Waals surface area contributed by atoms with Crippen molar-refractivity contribution in [3.8, 4) is 0 Å². The van der Waals surface area contributed by atoms with Crippen LogP contribution in [0.25, 0.3) is 0 Å². The van der Waals surface area contributed by atoms with Gasteiger partial charge in [-0.05, 0) is 79.8 Å². The molecule has 0 fully saturated rings. The fourth-order valence-corrected chi connectivity index (χ4v) is 4.49. The highest BCUT2D eigenvalue weighted by Crippen LogP contribution is 2.28. The van der Waals surface area contributed by atoms with Gasteiger partial charge in [-0.25, -0.2) is 17.2 Å². The minimum Gasteiger partial charge on any atom is -0.321 e. The number of halogens is 1. The molecule has 1 aromatic heterocycles. The van der Waals surface area contributed by atoms with Gasteiger partial charge in [-0.3, -0.25) is 9.52 Å². The molecule has 0 radical (unpaired) electrons. The number of nitrogens with one attached hydrogen (secondary N) is 2. The second-order valence-electron chi connectivity index (χ2n) is 6.97. The van der Waals surface area contributed by atoms with Gasteiger partial charge in [0.15, 0.2) is 0 Å². The van der Waals surface area contributed by atoms with Crippen molar-refractivity contribution in [1.29, 1.82) is 0 Å². The second-order valence-corrected chi connectivity index (χ2v) is 9.45. The van der Waals surface area contributed by atoms with Gasteiger partial charge in [-0.15, -0.1) is 0 Å². The third kappa shape index (κ3) is 4.99. The van der Waals surface area contributed by atoms with Gasteiger partial charge in [0.1, 0.15) is 10.5 Å². The number of carbonyl (C=O) groups is 1. The Morgan fingerprint density at radius 1 is 1.10 bits per heavy atom. The molecule has 1 amide bonds. The molecule has 0 spiro atoms. The molecule has 0 atom stereocenters. The molecule has 1 heterocycles. The van der Waals surface area contributed by atoms with Crippen LogP contribution in [0.3, 0.4) is 0 Å². The van der Waals surface area contributed by atoms with E-state index in [-0.39, 0.29) is 16.5 Å². The molecule has 0 unspecified atom stereocenters. The molecular formula is C20H20FN3O3S2. The standard InChI is InChI=1S/C20H20FN3O3S2/c1-13-11-15(23-19(25)17-9-10-22-28-17)7-8-18(13)29(26,27)24-16-6-4-5-14(12-16)20(2,3)21/h4-12,24H,1-3H3,(H,23,25). The van der Waals surface area contributed by atoms with Crippen LogP contribution in [0, 0.1) is 6.92 Å². The maximum Gasteiger partial charge on any atom is 0.267 e. The summed E-state index contributed by atoms with van der Waals surface area (Å²) in [4.78, 5) is 12.6. The van der Waals surface area contributed by atoms with E-state index in [1.54, 1.807) is 37.3 Å². The molecule has 0 bridgehead atoms. The molecule has 2 N–H and O–H groups in total. The zero-order valence-electron chi connectivity index (χ0n) is 16.1. The van der Waals surface area contributed by atoms with Gasteiger partial charge in [-0.1, -0.05) is 12.1 Å². The number of sulfonamides is 1. The van der Waals surface area contributed by atoms with Crippen molar-refractivity contribution in [1.82, 2.24) is 4.37 Å². The number of benzene rings is 2. The summed E-state index contributed by atoms with van der Waals surface area (Å²) < 4.78 is 46.1. The van der Waals surface area contributed by atoms with Crippen LogP contribution in [-0.4, -0.2) is 18.7 Å². The fourth-order valence-electron chi connectivity index (χ4n) is 2.72. The van der Waals surface area contributed by atoms with Gasteiger partial charge in [0.2, 0.25) is 0 Å². The second kappa shape index (κ2) is 7.92. The molecule has 0 aliphatic rings. The fraction of sp³-hybridized carbons (Fsp3) is 0.200. The van der Waals surface area contributed by atoms with Gasteiger partial charge in [-0.2, -0.15) is 0 Å². The number of carbonyl (C=O) groups excluding carboxylic acids is 1. The van der Waals surface area contributed by atoms with Crippen molar-refractivity contribution in [2.75, 3.05) is 10.0 Å². The summed E-state index contributed by atoms with van der Waals surface area (Å²) in [5.41, 5.74) is -0.0108. The van der Waals surface area contributed by atoms with Gasteiger partial charge < -0.3 is 5.32 Å². The van der Waals surface area contributed by atoms with E-state index in [2.05, 4.69) is 14.4 Å². The number of nitrogens with zero attached hydrogens (tertiary/aromatic N) is 1. The van der Waals surface area contributed by atoms with E-state index < -0.39 is 15.7 Å². The number of hydrogen-bond acceptors (Lipinski definition) is 5. The first-order valence-corrected chi connectivity index (χ1v) is 11.0. The average Bonchev–Trinajstić information content (AvgIpc) is 3.15. The number of alkyl halides is 1. The summed E-state index contributed by atoms with van der Waals surface area (Å²) in [7, 11) is -3.89. The summed E-state index contributed by atoms with van der Waals surface area (Å²) in [6, 6.07) is 12.3. The minimum absolute atomic E-state index is 0.0678. The maximum atomic E-state index is 14.2. The summed E-state index contributed by atoms with van der Waals surface area (Å²) in [6.07, 6.45) is 1.53. The van der Waals surface area contributed by atoms with Crippen molar-refractivity contribution in [3.05, 3.63) is 70.7 Å². The minimum atomic E-state index is -3.89. The molecule has 3 rings (SSSR count). The Morgan fingerprint density at radius 3 is 2.48 bits per heavy atom. The van der Waals surface area contributed by atoms with Crippen LogP contribution < -0.4 is 10.0 Å². The van der Waals surface area contributed by atoms with E-state index in [4.69, 9.17) is 0 Å². The lowest BCUT2D eigenvalue weighted by Gasteiger charge is -2.17. The molecule has 29 heavy (non-hydrogen) atoms. The highest BCUT2D eigenvalue weighted by molar-refractivity contribution is 7.92. The molecule has 2 aromatic carbocycles. The Bertz CT molecular complexity index is 1140. The van der Waals surface area contributed by atoms with E-state index in [9.17, 15) is 17.6 Å². The van der Waals surface area contributed by atoms with Crippen LogP contribution >= 0.6 is 11.5 Å². The lowest BCUT2D eigenvalue weighted by atomic mass is 10.00. The van der Waals surface area contributed by atoms with E-state index in [0.717, 1.165) is 11.5 Å². The van der Waals surface area contributed by atoms with Crippen LogP contribution in [0.2, 0.25) is 0 Å². The van der Waals surface area contributed by atoms with Crippen LogP contribution in [0.4, 0.5) is 15.8 Å². The Labute approximate surface area is 173 Å². The van der Waals surface area contributed by atoms with Gasteiger partial charge in [0.05, 0.1) is 4.90 Å². The molecule has 0 aliphatic carbocycles. The quantitative estimate of drug-likeness (QED) is 0.589. The van der Waals surface area contributed by atoms with E-state index in [1.807, 2.05) is 0 Å². The van der Waals surface area contributed by atoms with Gasteiger partial charge >= 0.3 is 0 Å². The molecule has 0 aliphatic heterocycles. The zero-order valence-corrected chi connectivity index (χ0v) is 17.7. The number of rotatable bonds is 6. The summed E-state index contributed by atoms with van der Waals surface area (Å²) in [6.45, 7) is 4.45. The van der Waals surface area contributed by atoms with Gasteiger partial charge in [0.25, 0.3) is 15.9 Å². The highest BCUT2D eigenvalue weighted by Gasteiger charge is 2.21. The van der Waals surface area contributed by atoms with Crippen molar-refractivity contribution < 1.29 is 17.6 Å². The van der Waals surface area contributed by atoms with Crippen LogP contribution in [0.15, 0.2) is 59.6 Å². The highest BCUT2D eigenvalue weighted by atomic mass is 32.2. The van der Waals surface area contributed by atoms with Crippen LogP contribution in [-0.2, 0) is 15.7 Å². The SMILES string of the molecule is Cc1cc(NC(=O)c2ccns2)ccc1S(=O)(=O)Nc1cccc(C(C)(C)F)c1. The number of aromatic nitrogens is 1. The monoisotopic (exact) mass is 433 g/mol. The lowest BCUT2D eigenvalue weighted by molar-refractivity contribution is 0.103. The molecule has 9 heteroatoms. The zero-order chi connectivity index (χ0) is 21.2. The predicted molar refractivity (Wildman–Crippen MR) is 113 cm³/mol. The molecular weight excluding hydrogens is 413 g/mol. The first-order valence-electron chi connectivity index (χ1n) is 8.71. The van der Waals surface area contributed by atoms with Crippen molar-refractivity contribution in [3.63, 3.8) is 0 Å². The summed E-state index contributed by atoms with van der Waals surface area (Å²) in [5.74, 6) is -0.314. The van der Waals surface area contributed by atoms with Crippen molar-refractivity contribution in [2.24, 2.45) is 0 Å². The van der Waals surface area contributed by atoms with Crippen molar-refractivity contribution in [2.45, 2.75) is 31.3 Å². The van der Waals surface area contributed by atoms with E-state index in [0.29, 0.717) is 21.7 Å². The Hall–Kier alpha value is -2.78. The predicted octanol–water partition coefficient (Wildman–Crippen LogP) is 4.71. The molecule has 152 valence electrons. The van der Waals surface area contributed by atoms with Crippen LogP contribution in [0.1, 0.15) is 34.6 Å².